The number of amides is 1. The molecule has 0 radical (unpaired) electrons. The van der Waals surface area contributed by atoms with Gasteiger partial charge in [-0.2, -0.15) is 0 Å². The van der Waals surface area contributed by atoms with E-state index in [1.165, 1.54) is 26.2 Å². The Balaban J connectivity index is 2.04. The molecule has 34 heavy (non-hydrogen) atoms. The van der Waals surface area contributed by atoms with E-state index in [1.54, 1.807) is 31.2 Å². The van der Waals surface area contributed by atoms with Gasteiger partial charge >= 0.3 is 0 Å². The molecule has 0 saturated heterocycles. The molecule has 0 aliphatic heterocycles. The summed E-state index contributed by atoms with van der Waals surface area (Å²) < 4.78 is 57.3. The molecule has 0 bridgehead atoms. The summed E-state index contributed by atoms with van der Waals surface area (Å²) in [6, 6.07) is 10.5. The lowest BCUT2D eigenvalue weighted by Gasteiger charge is -2.30. The molecule has 1 N–H and O–H groups in total. The fourth-order valence-electron chi connectivity index (χ4n) is 3.52. The number of ether oxygens (including phenoxy) is 1. The van der Waals surface area contributed by atoms with Crippen molar-refractivity contribution in [3.05, 3.63) is 53.6 Å². The van der Waals surface area contributed by atoms with Crippen LogP contribution >= 0.6 is 0 Å². The highest BCUT2D eigenvalue weighted by Gasteiger charge is 2.31. The van der Waals surface area contributed by atoms with Crippen molar-refractivity contribution in [2.24, 2.45) is 0 Å². The Morgan fingerprint density at radius 2 is 1.56 bits per heavy atom. The molecule has 0 aliphatic carbocycles. The normalized spacial score (nSPS) is 12.9. The maximum absolute atomic E-state index is 12.9. The van der Waals surface area contributed by atoms with Crippen LogP contribution in [0.2, 0.25) is 0 Å². The Hall–Kier alpha value is -2.63. The van der Waals surface area contributed by atoms with E-state index in [-0.39, 0.29) is 24.5 Å². The molecule has 188 valence electrons. The molecule has 0 fully saturated rings. The van der Waals surface area contributed by atoms with Gasteiger partial charge in [-0.3, -0.25) is 9.10 Å². The molecule has 11 heteroatoms. The van der Waals surface area contributed by atoms with E-state index in [2.05, 4.69) is 5.32 Å². The van der Waals surface area contributed by atoms with Gasteiger partial charge in [0.05, 0.1) is 23.4 Å². The summed E-state index contributed by atoms with van der Waals surface area (Å²) in [5.74, 6) is 0.0232. The smallest absolute Gasteiger partial charge is 0.244 e. The number of rotatable bonds is 11. The van der Waals surface area contributed by atoms with Crippen LogP contribution in [-0.4, -0.2) is 66.6 Å². The van der Waals surface area contributed by atoms with Crippen LogP contribution in [0.3, 0.4) is 0 Å². The van der Waals surface area contributed by atoms with Crippen LogP contribution in [0.1, 0.15) is 24.5 Å². The van der Waals surface area contributed by atoms with Crippen molar-refractivity contribution in [2.75, 3.05) is 37.8 Å². The number of carbonyl (C=O) groups excluding carboxylic acids is 1. The van der Waals surface area contributed by atoms with Crippen LogP contribution in [0.25, 0.3) is 0 Å². The average Bonchev–Trinajstić information content (AvgIpc) is 2.73. The van der Waals surface area contributed by atoms with Gasteiger partial charge in [-0.1, -0.05) is 13.0 Å². The largest absolute Gasteiger partial charge is 0.492 e. The molecule has 1 amide bonds. The monoisotopic (exact) mass is 511 g/mol. The van der Waals surface area contributed by atoms with Gasteiger partial charge in [0.15, 0.2) is 0 Å². The third-order valence-corrected chi connectivity index (χ3v) is 8.07. The van der Waals surface area contributed by atoms with Crippen LogP contribution in [0, 0.1) is 13.8 Å². The molecule has 9 nitrogen and oxygen atoms in total. The number of anilines is 1. The third kappa shape index (κ3) is 6.94. The van der Waals surface area contributed by atoms with Crippen LogP contribution in [-0.2, 0) is 24.8 Å². The first-order chi connectivity index (χ1) is 15.8. The Morgan fingerprint density at radius 3 is 2.03 bits per heavy atom. The van der Waals surface area contributed by atoms with Crippen molar-refractivity contribution >= 4 is 31.6 Å². The quantitative estimate of drug-likeness (QED) is 0.463. The molecule has 0 saturated carbocycles. The van der Waals surface area contributed by atoms with E-state index in [0.717, 1.165) is 26.0 Å². The Morgan fingerprint density at radius 1 is 1.00 bits per heavy atom. The molecule has 0 spiro atoms. The molecule has 0 aliphatic rings. The van der Waals surface area contributed by atoms with Gasteiger partial charge in [-0.25, -0.2) is 21.1 Å². The topological polar surface area (TPSA) is 113 Å². The van der Waals surface area contributed by atoms with Gasteiger partial charge in [-0.15, -0.1) is 0 Å². The molecule has 1 atom stereocenters. The zero-order valence-electron chi connectivity index (χ0n) is 20.4. The van der Waals surface area contributed by atoms with E-state index in [4.69, 9.17) is 4.74 Å². The SMILES string of the molecule is CC[C@H](C(=O)NCCOc1ccc(S(=O)(=O)N(C)C)cc1)N(c1cc(C)cc(C)c1)S(C)(=O)=O. The van der Waals surface area contributed by atoms with Gasteiger partial charge in [0.25, 0.3) is 0 Å². The lowest BCUT2D eigenvalue weighted by molar-refractivity contribution is -0.122. The van der Waals surface area contributed by atoms with Crippen molar-refractivity contribution in [3.8, 4) is 5.75 Å². The lowest BCUT2D eigenvalue weighted by Crippen LogP contribution is -2.50. The minimum Gasteiger partial charge on any atom is -0.492 e. The minimum atomic E-state index is -3.72. The third-order valence-electron chi connectivity index (χ3n) is 5.06. The molecular weight excluding hydrogens is 478 g/mol. The number of hydrogen-bond donors (Lipinski definition) is 1. The summed E-state index contributed by atoms with van der Waals surface area (Å²) in [5.41, 5.74) is 2.25. The van der Waals surface area contributed by atoms with Crippen LogP contribution in [0.15, 0.2) is 47.4 Å². The highest BCUT2D eigenvalue weighted by atomic mass is 32.2. The highest BCUT2D eigenvalue weighted by Crippen LogP contribution is 2.25. The zero-order chi connectivity index (χ0) is 25.7. The molecular formula is C23H33N3O6S2. The van der Waals surface area contributed by atoms with Gasteiger partial charge in [0.1, 0.15) is 18.4 Å². The van der Waals surface area contributed by atoms with E-state index >= 15 is 0 Å². The molecule has 0 heterocycles. The lowest BCUT2D eigenvalue weighted by atomic mass is 10.1. The van der Waals surface area contributed by atoms with Crippen molar-refractivity contribution in [1.29, 1.82) is 0 Å². The number of benzene rings is 2. The van der Waals surface area contributed by atoms with E-state index in [1.807, 2.05) is 19.9 Å². The number of nitrogens with zero attached hydrogens (tertiary/aromatic N) is 2. The van der Waals surface area contributed by atoms with Crippen molar-refractivity contribution < 1.29 is 26.4 Å². The van der Waals surface area contributed by atoms with Crippen LogP contribution in [0.4, 0.5) is 5.69 Å². The van der Waals surface area contributed by atoms with E-state index in [9.17, 15) is 21.6 Å². The van der Waals surface area contributed by atoms with Crippen LogP contribution < -0.4 is 14.4 Å². The molecule has 2 aromatic rings. The second-order valence-electron chi connectivity index (χ2n) is 8.23. The molecule has 2 aromatic carbocycles. The minimum absolute atomic E-state index is 0.129. The molecule has 0 aromatic heterocycles. The first-order valence-electron chi connectivity index (χ1n) is 10.8. The van der Waals surface area contributed by atoms with Gasteiger partial charge < -0.3 is 10.1 Å². The fourth-order valence-corrected chi connectivity index (χ4v) is 5.61. The average molecular weight is 512 g/mol. The summed E-state index contributed by atoms with van der Waals surface area (Å²) >= 11 is 0. The fraction of sp³-hybridized carbons (Fsp3) is 0.435. The predicted octanol–water partition coefficient (Wildman–Crippen LogP) is 2.29. The number of sulfonamides is 2. The first kappa shape index (κ1) is 27.6. The van der Waals surface area contributed by atoms with E-state index < -0.39 is 32.0 Å². The maximum Gasteiger partial charge on any atom is 0.244 e. The van der Waals surface area contributed by atoms with Gasteiger partial charge in [-0.05, 0) is 67.8 Å². The number of aryl methyl sites for hydroxylation is 2. The molecule has 0 unspecified atom stereocenters. The summed E-state index contributed by atoms with van der Waals surface area (Å²) in [5, 5.41) is 2.73. The maximum atomic E-state index is 12.9. The zero-order valence-corrected chi connectivity index (χ0v) is 22.0. The summed E-state index contributed by atoms with van der Waals surface area (Å²) in [4.78, 5) is 13.0. The highest BCUT2D eigenvalue weighted by molar-refractivity contribution is 7.92. The number of carbonyl (C=O) groups is 1. The Labute approximate surface area is 202 Å². The van der Waals surface area contributed by atoms with Crippen LogP contribution in [0.5, 0.6) is 5.75 Å². The first-order valence-corrected chi connectivity index (χ1v) is 14.1. The van der Waals surface area contributed by atoms with Crippen molar-refractivity contribution in [3.63, 3.8) is 0 Å². The predicted molar refractivity (Wildman–Crippen MR) is 133 cm³/mol. The summed E-state index contributed by atoms with van der Waals surface area (Å²) in [6.45, 7) is 5.78. The summed E-state index contributed by atoms with van der Waals surface area (Å²) in [7, 11) is -4.33. The molecule has 2 rings (SSSR count). The number of nitrogens with one attached hydrogen (secondary N) is 1. The second kappa shape index (κ2) is 11.2. The second-order valence-corrected chi connectivity index (χ2v) is 12.2. The standard InChI is InChI=1S/C23H33N3O6S2/c1-7-22(26(33(6,28)29)19-15-17(2)14-18(3)16-19)23(27)24-12-13-32-20-8-10-21(11-9-20)34(30,31)25(4)5/h8-11,14-16,22H,7,12-13H2,1-6H3,(H,24,27)/t22-/m1/s1. The van der Waals surface area contributed by atoms with E-state index in [0.29, 0.717) is 11.4 Å². The van der Waals surface area contributed by atoms with Gasteiger partial charge in [0.2, 0.25) is 26.0 Å². The van der Waals surface area contributed by atoms with Crippen molar-refractivity contribution in [1.82, 2.24) is 9.62 Å². The van der Waals surface area contributed by atoms with Crippen molar-refractivity contribution in [2.45, 2.75) is 38.1 Å². The summed E-state index contributed by atoms with van der Waals surface area (Å²) in [6.07, 6.45) is 1.37. The Bertz CT molecular complexity index is 1190. The number of hydrogen-bond acceptors (Lipinski definition) is 6. The Kier molecular flexibility index (Phi) is 9.09. The van der Waals surface area contributed by atoms with Gasteiger partial charge in [0, 0.05) is 14.1 Å².